The molecule has 84 valence electrons. The van der Waals surface area contributed by atoms with E-state index >= 15 is 0 Å². The summed E-state index contributed by atoms with van der Waals surface area (Å²) in [6.45, 7) is 10.3. The zero-order valence-electron chi connectivity index (χ0n) is 10.4. The van der Waals surface area contributed by atoms with E-state index in [1.165, 1.54) is 18.4 Å². The zero-order chi connectivity index (χ0) is 11.2. The Balaban J connectivity index is 3.56. The number of allylic oxidation sites excluding steroid dienone is 2. The highest BCUT2D eigenvalue weighted by Gasteiger charge is 2.13. The maximum absolute atomic E-state index is 9.57. The Labute approximate surface area is 89.2 Å². The van der Waals surface area contributed by atoms with E-state index in [4.69, 9.17) is 0 Å². The molecule has 1 nitrogen and oxygen atoms in total. The molecule has 0 radical (unpaired) electrons. The third-order valence-corrected chi connectivity index (χ3v) is 2.46. The van der Waals surface area contributed by atoms with Crippen molar-refractivity contribution in [3.63, 3.8) is 0 Å². The summed E-state index contributed by atoms with van der Waals surface area (Å²) in [6, 6.07) is 0. The van der Waals surface area contributed by atoms with Crippen molar-refractivity contribution in [2.75, 3.05) is 0 Å². The molecule has 1 unspecified atom stereocenters. The fraction of sp³-hybridized carbons (Fsp3) is 0.846. The van der Waals surface area contributed by atoms with Gasteiger partial charge in [0.05, 0.1) is 5.60 Å². The van der Waals surface area contributed by atoms with E-state index in [1.54, 1.807) is 0 Å². The summed E-state index contributed by atoms with van der Waals surface area (Å²) in [4.78, 5) is 0. The van der Waals surface area contributed by atoms with Gasteiger partial charge < -0.3 is 5.11 Å². The van der Waals surface area contributed by atoms with E-state index in [0.717, 1.165) is 18.8 Å². The molecule has 0 aliphatic heterocycles. The number of hydrogen-bond acceptors (Lipinski definition) is 1. The monoisotopic (exact) mass is 198 g/mol. The van der Waals surface area contributed by atoms with Gasteiger partial charge in [0.1, 0.15) is 0 Å². The normalized spacial score (nSPS) is 13.9. The molecule has 0 fully saturated rings. The Morgan fingerprint density at radius 3 is 2.29 bits per heavy atom. The van der Waals surface area contributed by atoms with Gasteiger partial charge in [-0.3, -0.25) is 0 Å². The summed E-state index contributed by atoms with van der Waals surface area (Å²) in [7, 11) is 0. The molecule has 1 atom stereocenters. The second-order valence-corrected chi connectivity index (χ2v) is 5.32. The van der Waals surface area contributed by atoms with Crippen molar-refractivity contribution in [2.45, 2.75) is 65.9 Å². The molecule has 0 saturated carbocycles. The van der Waals surface area contributed by atoms with Crippen LogP contribution in [0.4, 0.5) is 0 Å². The molecule has 0 rings (SSSR count). The van der Waals surface area contributed by atoms with Crippen LogP contribution in [0, 0.1) is 5.92 Å². The van der Waals surface area contributed by atoms with E-state index in [2.05, 4.69) is 26.8 Å². The molecular weight excluding hydrogens is 172 g/mol. The van der Waals surface area contributed by atoms with Crippen molar-refractivity contribution in [3.8, 4) is 0 Å². The van der Waals surface area contributed by atoms with E-state index in [-0.39, 0.29) is 0 Å². The van der Waals surface area contributed by atoms with E-state index < -0.39 is 5.60 Å². The topological polar surface area (TPSA) is 20.2 Å². The predicted octanol–water partition coefficient (Wildman–Crippen LogP) is 3.92. The van der Waals surface area contributed by atoms with Crippen molar-refractivity contribution in [1.82, 2.24) is 0 Å². The highest BCUT2D eigenvalue weighted by molar-refractivity contribution is 4.92. The van der Waals surface area contributed by atoms with Gasteiger partial charge in [0, 0.05) is 0 Å². The second-order valence-electron chi connectivity index (χ2n) is 5.32. The summed E-state index contributed by atoms with van der Waals surface area (Å²) in [5.74, 6) is 0.719. The molecule has 0 saturated heterocycles. The first-order chi connectivity index (χ1) is 6.31. The Hall–Kier alpha value is -0.300. The number of hydrogen-bond donors (Lipinski definition) is 1. The molecule has 0 aromatic carbocycles. The van der Waals surface area contributed by atoms with Gasteiger partial charge in [-0.05, 0) is 59.3 Å². The van der Waals surface area contributed by atoms with Gasteiger partial charge in [0.15, 0.2) is 0 Å². The molecule has 1 N–H and O–H groups in total. The van der Waals surface area contributed by atoms with Crippen molar-refractivity contribution in [2.24, 2.45) is 5.92 Å². The van der Waals surface area contributed by atoms with Gasteiger partial charge in [-0.1, -0.05) is 18.6 Å². The van der Waals surface area contributed by atoms with Crippen LogP contribution in [0.15, 0.2) is 11.6 Å². The minimum Gasteiger partial charge on any atom is -0.390 e. The van der Waals surface area contributed by atoms with Crippen LogP contribution < -0.4 is 0 Å². The van der Waals surface area contributed by atoms with E-state index in [0.29, 0.717) is 0 Å². The summed E-state index contributed by atoms with van der Waals surface area (Å²) in [6.07, 6.45) is 6.74. The molecule has 14 heavy (non-hydrogen) atoms. The van der Waals surface area contributed by atoms with Crippen molar-refractivity contribution >= 4 is 0 Å². The molecule has 0 aromatic heterocycles. The zero-order valence-corrected chi connectivity index (χ0v) is 10.4. The Morgan fingerprint density at radius 2 is 1.86 bits per heavy atom. The lowest BCUT2D eigenvalue weighted by Gasteiger charge is -2.19. The SMILES string of the molecule is CC(C)=CCCC(C)CCC(C)(C)O. The van der Waals surface area contributed by atoms with Crippen molar-refractivity contribution in [1.29, 1.82) is 0 Å². The average Bonchev–Trinajstić information content (AvgIpc) is 1.99. The molecule has 0 amide bonds. The van der Waals surface area contributed by atoms with Gasteiger partial charge in [-0.2, -0.15) is 0 Å². The summed E-state index contributed by atoms with van der Waals surface area (Å²) < 4.78 is 0. The smallest absolute Gasteiger partial charge is 0.0591 e. The van der Waals surface area contributed by atoms with Crippen LogP contribution in [0.25, 0.3) is 0 Å². The Morgan fingerprint density at radius 1 is 1.29 bits per heavy atom. The molecule has 0 aliphatic rings. The number of rotatable bonds is 6. The van der Waals surface area contributed by atoms with Crippen LogP contribution in [0.3, 0.4) is 0 Å². The maximum atomic E-state index is 9.57. The first-order valence-electron chi connectivity index (χ1n) is 5.67. The molecule has 0 aromatic rings. The fourth-order valence-electron chi connectivity index (χ4n) is 1.40. The van der Waals surface area contributed by atoms with Crippen molar-refractivity contribution in [3.05, 3.63) is 11.6 Å². The average molecular weight is 198 g/mol. The van der Waals surface area contributed by atoms with Gasteiger partial charge in [0.25, 0.3) is 0 Å². The van der Waals surface area contributed by atoms with E-state index in [9.17, 15) is 5.11 Å². The highest BCUT2D eigenvalue weighted by Crippen LogP contribution is 2.19. The third-order valence-electron chi connectivity index (χ3n) is 2.46. The fourth-order valence-corrected chi connectivity index (χ4v) is 1.40. The minimum atomic E-state index is -0.495. The van der Waals surface area contributed by atoms with Gasteiger partial charge in [-0.15, -0.1) is 0 Å². The standard InChI is InChI=1S/C13H26O/c1-11(2)7-6-8-12(3)9-10-13(4,5)14/h7,12,14H,6,8-10H2,1-5H3. The quantitative estimate of drug-likeness (QED) is 0.641. The summed E-state index contributed by atoms with van der Waals surface area (Å²) in [5.41, 5.74) is 0.907. The van der Waals surface area contributed by atoms with Crippen LogP contribution >= 0.6 is 0 Å². The molecule has 1 heteroatoms. The predicted molar refractivity (Wildman–Crippen MR) is 63.4 cm³/mol. The maximum Gasteiger partial charge on any atom is 0.0591 e. The second kappa shape index (κ2) is 6.23. The molecule has 0 spiro atoms. The Bertz CT molecular complexity index is 170. The van der Waals surface area contributed by atoms with Crippen LogP contribution in [0.2, 0.25) is 0 Å². The van der Waals surface area contributed by atoms with Crippen LogP contribution in [-0.4, -0.2) is 10.7 Å². The Kier molecular flexibility index (Phi) is 6.10. The first kappa shape index (κ1) is 13.7. The van der Waals surface area contributed by atoms with Gasteiger partial charge >= 0.3 is 0 Å². The largest absolute Gasteiger partial charge is 0.390 e. The summed E-state index contributed by atoms with van der Waals surface area (Å²) >= 11 is 0. The molecular formula is C13H26O. The van der Waals surface area contributed by atoms with E-state index in [1.807, 2.05) is 13.8 Å². The van der Waals surface area contributed by atoms with Gasteiger partial charge in [0.2, 0.25) is 0 Å². The van der Waals surface area contributed by atoms with Gasteiger partial charge in [-0.25, -0.2) is 0 Å². The lowest BCUT2D eigenvalue weighted by molar-refractivity contribution is 0.0639. The third kappa shape index (κ3) is 9.79. The lowest BCUT2D eigenvalue weighted by atomic mass is 9.93. The lowest BCUT2D eigenvalue weighted by Crippen LogP contribution is -2.19. The summed E-state index contributed by atoms with van der Waals surface area (Å²) in [5, 5.41) is 9.57. The minimum absolute atomic E-state index is 0.495. The molecule has 0 aliphatic carbocycles. The first-order valence-corrected chi connectivity index (χ1v) is 5.67. The van der Waals surface area contributed by atoms with Crippen LogP contribution in [0.1, 0.15) is 60.3 Å². The van der Waals surface area contributed by atoms with Crippen molar-refractivity contribution < 1.29 is 5.11 Å². The van der Waals surface area contributed by atoms with Crippen LogP contribution in [0.5, 0.6) is 0 Å². The highest BCUT2D eigenvalue weighted by atomic mass is 16.3. The number of aliphatic hydroxyl groups is 1. The van der Waals surface area contributed by atoms with Crippen LogP contribution in [-0.2, 0) is 0 Å². The molecule has 0 bridgehead atoms. The molecule has 0 heterocycles.